The zero-order valence-corrected chi connectivity index (χ0v) is 12.1. The van der Waals surface area contributed by atoms with Crippen LogP contribution in [0.5, 0.6) is 0 Å². The molecular formula is C14H28N2O2. The van der Waals surface area contributed by atoms with Crippen LogP contribution in [0.3, 0.4) is 0 Å². The largest absolute Gasteiger partial charge is 0.465 e. The van der Waals surface area contributed by atoms with E-state index in [0.29, 0.717) is 13.2 Å². The molecule has 0 radical (unpaired) electrons. The number of carbonyl (C=O) groups is 1. The summed E-state index contributed by atoms with van der Waals surface area (Å²) < 4.78 is 5.12. The average molecular weight is 256 g/mol. The number of carbonyl (C=O) groups excluding carboxylic acids is 1. The maximum atomic E-state index is 11.8. The fourth-order valence-electron chi connectivity index (χ4n) is 2.46. The zero-order chi connectivity index (χ0) is 13.6. The van der Waals surface area contributed by atoms with Crippen molar-refractivity contribution in [3.63, 3.8) is 0 Å². The van der Waals surface area contributed by atoms with Gasteiger partial charge in [0.25, 0.3) is 0 Å². The Kier molecular flexibility index (Phi) is 6.09. The van der Waals surface area contributed by atoms with Gasteiger partial charge in [-0.3, -0.25) is 9.69 Å². The summed E-state index contributed by atoms with van der Waals surface area (Å²) in [4.78, 5) is 14.1. The van der Waals surface area contributed by atoms with Crippen LogP contribution in [0.1, 0.15) is 46.5 Å². The molecule has 1 unspecified atom stereocenters. The highest BCUT2D eigenvalue weighted by Gasteiger charge is 2.31. The van der Waals surface area contributed by atoms with E-state index in [-0.39, 0.29) is 17.4 Å². The molecule has 0 aromatic rings. The molecule has 1 fully saturated rings. The van der Waals surface area contributed by atoms with Gasteiger partial charge in [0, 0.05) is 0 Å². The van der Waals surface area contributed by atoms with Crippen LogP contribution >= 0.6 is 0 Å². The van der Waals surface area contributed by atoms with E-state index in [4.69, 9.17) is 10.5 Å². The molecule has 1 heterocycles. The molecule has 1 saturated heterocycles. The van der Waals surface area contributed by atoms with Crippen LogP contribution in [0.2, 0.25) is 0 Å². The van der Waals surface area contributed by atoms with Crippen molar-refractivity contribution in [1.29, 1.82) is 0 Å². The minimum atomic E-state index is -0.0481. The maximum Gasteiger partial charge on any atom is 0.323 e. The van der Waals surface area contributed by atoms with Gasteiger partial charge < -0.3 is 10.5 Å². The van der Waals surface area contributed by atoms with Gasteiger partial charge in [-0.1, -0.05) is 13.8 Å². The molecule has 0 saturated carbocycles. The highest BCUT2D eigenvalue weighted by molar-refractivity contribution is 5.76. The summed E-state index contributed by atoms with van der Waals surface area (Å²) in [7, 11) is 0. The number of hydrogen-bond donors (Lipinski definition) is 1. The lowest BCUT2D eigenvalue weighted by Gasteiger charge is -2.26. The minimum absolute atomic E-state index is 0.00839. The van der Waals surface area contributed by atoms with Gasteiger partial charge in [-0.2, -0.15) is 0 Å². The number of nitrogens with zero attached hydrogens (tertiary/aromatic N) is 1. The molecule has 4 heteroatoms. The first-order valence-corrected chi connectivity index (χ1v) is 7.11. The summed E-state index contributed by atoms with van der Waals surface area (Å²) in [6, 6.07) is -0.00839. The summed E-state index contributed by atoms with van der Waals surface area (Å²) in [6.07, 6.45) is 4.25. The molecule has 0 aromatic heterocycles. The normalized spacial score (nSPS) is 21.2. The number of nitrogens with two attached hydrogens (primary N) is 1. The first-order chi connectivity index (χ1) is 8.50. The second kappa shape index (κ2) is 7.10. The molecule has 106 valence electrons. The standard InChI is InChI=1S/C14H28N2O2/c1-4-18-13(17)12-7-5-9-16(12)10-6-8-14(2,3)11-15/h12H,4-11,15H2,1-3H3. The van der Waals surface area contributed by atoms with Crippen LogP contribution in [0.15, 0.2) is 0 Å². The Hall–Kier alpha value is -0.610. The summed E-state index contributed by atoms with van der Waals surface area (Å²) in [5, 5.41) is 0. The minimum Gasteiger partial charge on any atom is -0.465 e. The molecule has 0 amide bonds. The summed E-state index contributed by atoms with van der Waals surface area (Å²) in [6.45, 7) is 9.44. The first kappa shape index (κ1) is 15.4. The van der Waals surface area contributed by atoms with E-state index in [1.807, 2.05) is 6.92 Å². The van der Waals surface area contributed by atoms with Gasteiger partial charge in [0.15, 0.2) is 0 Å². The van der Waals surface area contributed by atoms with Gasteiger partial charge in [-0.15, -0.1) is 0 Å². The molecule has 2 N–H and O–H groups in total. The molecule has 4 nitrogen and oxygen atoms in total. The zero-order valence-electron chi connectivity index (χ0n) is 12.1. The van der Waals surface area contributed by atoms with Gasteiger partial charge in [-0.05, 0) is 57.7 Å². The van der Waals surface area contributed by atoms with Crippen molar-refractivity contribution in [2.45, 2.75) is 52.5 Å². The van der Waals surface area contributed by atoms with E-state index >= 15 is 0 Å². The Morgan fingerprint density at radius 1 is 1.50 bits per heavy atom. The van der Waals surface area contributed by atoms with E-state index in [9.17, 15) is 4.79 Å². The van der Waals surface area contributed by atoms with Gasteiger partial charge in [-0.25, -0.2) is 0 Å². The topological polar surface area (TPSA) is 55.6 Å². The third-order valence-electron chi connectivity index (χ3n) is 3.77. The highest BCUT2D eigenvalue weighted by Crippen LogP contribution is 2.23. The van der Waals surface area contributed by atoms with Crippen molar-refractivity contribution < 1.29 is 9.53 Å². The second-order valence-electron chi connectivity index (χ2n) is 5.92. The molecular weight excluding hydrogens is 228 g/mol. The second-order valence-corrected chi connectivity index (χ2v) is 5.92. The van der Waals surface area contributed by atoms with Crippen molar-refractivity contribution in [2.75, 3.05) is 26.2 Å². The van der Waals surface area contributed by atoms with Gasteiger partial charge >= 0.3 is 5.97 Å². The Balaban J connectivity index is 2.34. The molecule has 1 rings (SSSR count). The van der Waals surface area contributed by atoms with Crippen molar-refractivity contribution in [3.8, 4) is 0 Å². The molecule has 1 aliphatic heterocycles. The highest BCUT2D eigenvalue weighted by atomic mass is 16.5. The Morgan fingerprint density at radius 2 is 2.22 bits per heavy atom. The van der Waals surface area contributed by atoms with Crippen molar-refractivity contribution in [2.24, 2.45) is 11.1 Å². The van der Waals surface area contributed by atoms with Crippen LogP contribution in [-0.4, -0.2) is 43.2 Å². The number of ether oxygens (including phenoxy) is 1. The SMILES string of the molecule is CCOC(=O)C1CCCN1CCCC(C)(C)CN. The summed E-state index contributed by atoms with van der Waals surface area (Å²) in [5.41, 5.74) is 5.94. The fraction of sp³-hybridized carbons (Fsp3) is 0.929. The van der Waals surface area contributed by atoms with Crippen LogP contribution < -0.4 is 5.73 Å². The Morgan fingerprint density at radius 3 is 2.83 bits per heavy atom. The molecule has 0 aliphatic carbocycles. The van der Waals surface area contributed by atoms with Gasteiger partial charge in [0.1, 0.15) is 6.04 Å². The van der Waals surface area contributed by atoms with E-state index in [1.165, 1.54) is 0 Å². The van der Waals surface area contributed by atoms with Crippen molar-refractivity contribution in [1.82, 2.24) is 4.90 Å². The van der Waals surface area contributed by atoms with E-state index < -0.39 is 0 Å². The molecule has 1 atom stereocenters. The van der Waals surface area contributed by atoms with Crippen molar-refractivity contribution >= 4 is 5.97 Å². The lowest BCUT2D eigenvalue weighted by atomic mass is 9.88. The number of likely N-dealkylation sites (tertiary alicyclic amines) is 1. The molecule has 18 heavy (non-hydrogen) atoms. The third kappa shape index (κ3) is 4.58. The lowest BCUT2D eigenvalue weighted by Crippen LogP contribution is -2.38. The van der Waals surface area contributed by atoms with Gasteiger partial charge in [0.05, 0.1) is 6.61 Å². The molecule has 1 aliphatic rings. The molecule has 0 spiro atoms. The monoisotopic (exact) mass is 256 g/mol. The van der Waals surface area contributed by atoms with Crippen LogP contribution in [-0.2, 0) is 9.53 Å². The van der Waals surface area contributed by atoms with E-state index in [1.54, 1.807) is 0 Å². The Bertz CT molecular complexity index is 267. The van der Waals surface area contributed by atoms with E-state index in [0.717, 1.165) is 38.8 Å². The molecule has 0 aromatic carbocycles. The maximum absolute atomic E-state index is 11.8. The van der Waals surface area contributed by atoms with Gasteiger partial charge in [0.2, 0.25) is 0 Å². The Labute approximate surface area is 111 Å². The number of hydrogen-bond acceptors (Lipinski definition) is 4. The van der Waals surface area contributed by atoms with Crippen LogP contribution in [0.25, 0.3) is 0 Å². The predicted octanol–water partition coefficient (Wildman–Crippen LogP) is 1.78. The van der Waals surface area contributed by atoms with Crippen molar-refractivity contribution in [3.05, 3.63) is 0 Å². The predicted molar refractivity (Wildman–Crippen MR) is 73.3 cm³/mol. The smallest absolute Gasteiger partial charge is 0.323 e. The van der Waals surface area contributed by atoms with E-state index in [2.05, 4.69) is 18.7 Å². The summed E-state index contributed by atoms with van der Waals surface area (Å²) >= 11 is 0. The number of esters is 1. The first-order valence-electron chi connectivity index (χ1n) is 7.11. The third-order valence-corrected chi connectivity index (χ3v) is 3.77. The molecule has 0 bridgehead atoms. The number of rotatable bonds is 7. The average Bonchev–Trinajstić information content (AvgIpc) is 2.77. The summed E-state index contributed by atoms with van der Waals surface area (Å²) in [5.74, 6) is -0.0481. The lowest BCUT2D eigenvalue weighted by molar-refractivity contribution is -0.148. The quantitative estimate of drug-likeness (QED) is 0.705. The fourth-order valence-corrected chi connectivity index (χ4v) is 2.46. The van der Waals surface area contributed by atoms with Crippen LogP contribution in [0, 0.1) is 5.41 Å². The van der Waals surface area contributed by atoms with Crippen LogP contribution in [0.4, 0.5) is 0 Å².